The van der Waals surface area contributed by atoms with Crippen molar-refractivity contribution in [3.8, 4) is 0 Å². The lowest BCUT2D eigenvalue weighted by atomic mass is 10.1. The number of rotatable bonds is 10. The van der Waals surface area contributed by atoms with Crippen molar-refractivity contribution in [3.63, 3.8) is 0 Å². The van der Waals surface area contributed by atoms with Crippen molar-refractivity contribution in [2.75, 3.05) is 27.7 Å². The molecule has 0 bridgehead atoms. The van der Waals surface area contributed by atoms with E-state index in [-0.39, 0.29) is 52.5 Å². The maximum atomic E-state index is 13.9. The lowest BCUT2D eigenvalue weighted by Crippen LogP contribution is -2.66. The molecule has 16 heteroatoms. The van der Waals surface area contributed by atoms with E-state index in [9.17, 15) is 9.59 Å². The second-order valence-corrected chi connectivity index (χ2v) is 23.5. The fraction of sp³-hybridized carbons (Fsp3) is 0.618. The van der Waals surface area contributed by atoms with E-state index in [2.05, 4.69) is 75.3 Å². The third-order valence-corrected chi connectivity index (χ3v) is 19.9. The zero-order chi connectivity index (χ0) is 36.5. The number of ether oxygens (including phenoxy) is 2. The van der Waals surface area contributed by atoms with Gasteiger partial charge in [0.15, 0.2) is 17.4 Å². The van der Waals surface area contributed by atoms with Crippen LogP contribution in [0.2, 0.25) is 22.2 Å². The van der Waals surface area contributed by atoms with E-state index >= 15 is 0 Å². The number of hydrogen-bond acceptors (Lipinski definition) is 10. The number of carbonyl (C=O) groups excluding carboxylic acids is 1. The first-order valence-electron chi connectivity index (χ1n) is 17.4. The summed E-state index contributed by atoms with van der Waals surface area (Å²) in [5.41, 5.74) is 1.19. The van der Waals surface area contributed by atoms with Gasteiger partial charge in [-0.25, -0.2) is 14.8 Å². The summed E-state index contributed by atoms with van der Waals surface area (Å²) in [4.78, 5) is 46.4. The first kappa shape index (κ1) is 37.8. The smallest absolute Gasteiger partial charge is 0.410 e. The number of benzene rings is 1. The summed E-state index contributed by atoms with van der Waals surface area (Å²) in [5.74, 6) is 0.109. The van der Waals surface area contributed by atoms with Crippen LogP contribution in [0, 0.1) is 0 Å². The van der Waals surface area contributed by atoms with E-state index in [1.807, 2.05) is 44.4 Å². The van der Waals surface area contributed by atoms with E-state index in [1.54, 1.807) is 22.9 Å². The summed E-state index contributed by atoms with van der Waals surface area (Å²) < 4.78 is 36.3. The Morgan fingerprint density at radius 1 is 1.04 bits per heavy atom. The Morgan fingerprint density at radius 3 is 2.28 bits per heavy atom. The normalized spacial score (nSPS) is 23.5. The van der Waals surface area contributed by atoms with Gasteiger partial charge in [0, 0.05) is 21.1 Å². The molecule has 1 aromatic carbocycles. The summed E-state index contributed by atoms with van der Waals surface area (Å²) in [6.07, 6.45) is 0.388. The monoisotopic (exact) mass is 727 g/mol. The molecule has 14 nitrogen and oxygen atoms in total. The van der Waals surface area contributed by atoms with Crippen molar-refractivity contribution in [2.24, 2.45) is 4.99 Å². The number of aliphatic imine (C=N–C) groups is 1. The van der Waals surface area contributed by atoms with Crippen molar-refractivity contribution in [2.45, 2.75) is 109 Å². The molecule has 4 atom stereocenters. The second kappa shape index (κ2) is 15.1. The van der Waals surface area contributed by atoms with E-state index in [4.69, 9.17) is 22.4 Å². The van der Waals surface area contributed by atoms with Crippen molar-refractivity contribution < 1.29 is 27.2 Å². The molecule has 0 saturated carbocycles. The molecule has 2 aromatic heterocycles. The SMILES string of the molecule is CC(C)[Si]1(C(C)C)OC[C@H]2O[C@@H](n3cnc4c(=O)[nH]c(/N=C/N(C)C)nc43)[C@H](N(C)C(=O)OCc3ccccc3)[C@@H]2O[Si](C(C)C)(C(C)C)O1. The highest BCUT2D eigenvalue weighted by molar-refractivity contribution is 6.84. The molecule has 1 N–H and O–H groups in total. The Kier molecular flexibility index (Phi) is 11.4. The molecular weight excluding hydrogens is 675 g/mol. The fourth-order valence-corrected chi connectivity index (χ4v) is 18.3. The minimum atomic E-state index is -3.11. The van der Waals surface area contributed by atoms with Crippen LogP contribution in [-0.4, -0.2) is 105 Å². The number of imidazole rings is 1. The number of aromatic amines is 1. The third kappa shape index (κ3) is 7.18. The number of fused-ring (bicyclic) bond motifs is 2. The Morgan fingerprint density at radius 2 is 1.68 bits per heavy atom. The average molecular weight is 728 g/mol. The number of hydrogen-bond donors (Lipinski definition) is 1. The van der Waals surface area contributed by atoms with Crippen LogP contribution in [-0.2, 0) is 29.0 Å². The van der Waals surface area contributed by atoms with Gasteiger partial charge in [0.25, 0.3) is 5.56 Å². The predicted molar refractivity (Wildman–Crippen MR) is 196 cm³/mol. The van der Waals surface area contributed by atoms with Gasteiger partial charge in [0.05, 0.1) is 19.3 Å². The number of likely N-dealkylation sites (N-methyl/N-ethyl adjacent to an activating group) is 1. The zero-order valence-electron chi connectivity index (χ0n) is 31.1. The van der Waals surface area contributed by atoms with Gasteiger partial charge < -0.3 is 32.2 Å². The minimum absolute atomic E-state index is 0.0516. The highest BCUT2D eigenvalue weighted by Crippen LogP contribution is 2.49. The number of H-pyrrole nitrogens is 1. The number of amides is 1. The number of nitrogens with one attached hydrogen (secondary N) is 1. The van der Waals surface area contributed by atoms with Crippen molar-refractivity contribution in [1.29, 1.82) is 0 Å². The largest absolute Gasteiger partial charge is 0.445 e. The molecule has 50 heavy (non-hydrogen) atoms. The lowest BCUT2D eigenvalue weighted by Gasteiger charge is -2.51. The molecule has 1 amide bonds. The van der Waals surface area contributed by atoms with Crippen LogP contribution in [0.3, 0.4) is 0 Å². The van der Waals surface area contributed by atoms with Crippen LogP contribution in [0.15, 0.2) is 46.4 Å². The quantitative estimate of drug-likeness (QED) is 0.154. The van der Waals surface area contributed by atoms with Crippen LogP contribution in [0.25, 0.3) is 11.2 Å². The highest BCUT2D eigenvalue weighted by Gasteiger charge is 2.62. The molecule has 0 spiro atoms. The lowest BCUT2D eigenvalue weighted by molar-refractivity contribution is -0.0553. The molecule has 2 aliphatic heterocycles. The molecular formula is C34H53N7O7Si2. The van der Waals surface area contributed by atoms with Gasteiger partial charge in [-0.3, -0.25) is 14.3 Å². The van der Waals surface area contributed by atoms with E-state index in [0.29, 0.717) is 0 Å². The number of carbonyl (C=O) groups is 1. The number of aromatic nitrogens is 4. The summed E-state index contributed by atoms with van der Waals surface area (Å²) in [7, 11) is -0.659. The Labute approximate surface area is 296 Å². The van der Waals surface area contributed by atoms with Crippen molar-refractivity contribution >= 4 is 46.7 Å². The second-order valence-electron chi connectivity index (χ2n) is 14.7. The zero-order valence-corrected chi connectivity index (χ0v) is 33.1. The molecule has 2 saturated heterocycles. The minimum Gasteiger partial charge on any atom is -0.445 e. The first-order valence-corrected chi connectivity index (χ1v) is 21.3. The Hall–Kier alpha value is -3.42. The molecule has 274 valence electrons. The van der Waals surface area contributed by atoms with E-state index < -0.39 is 53.3 Å². The molecule has 2 aliphatic rings. The molecule has 5 rings (SSSR count). The summed E-state index contributed by atoms with van der Waals surface area (Å²) in [5, 5.41) is 0. The summed E-state index contributed by atoms with van der Waals surface area (Å²) in [6.45, 7) is 17.6. The van der Waals surface area contributed by atoms with Gasteiger partial charge in [-0.1, -0.05) is 85.7 Å². The van der Waals surface area contributed by atoms with Gasteiger partial charge in [0.1, 0.15) is 24.9 Å². The van der Waals surface area contributed by atoms with Gasteiger partial charge in [-0.2, -0.15) is 4.98 Å². The van der Waals surface area contributed by atoms with Crippen molar-refractivity contribution in [3.05, 3.63) is 52.6 Å². The maximum absolute atomic E-state index is 13.9. The van der Waals surface area contributed by atoms with Crippen LogP contribution in [0.4, 0.5) is 10.7 Å². The summed E-state index contributed by atoms with van der Waals surface area (Å²) >= 11 is 0. The fourth-order valence-electron chi connectivity index (χ4n) is 7.05. The number of nitrogens with zero attached hydrogens (tertiary/aromatic N) is 6. The topological polar surface area (TPSA) is 146 Å². The highest BCUT2D eigenvalue weighted by atomic mass is 28.5. The Balaban J connectivity index is 1.64. The van der Waals surface area contributed by atoms with Gasteiger partial charge >= 0.3 is 23.2 Å². The average Bonchev–Trinajstić information content (AvgIpc) is 3.63. The van der Waals surface area contributed by atoms with Gasteiger partial charge in [-0.05, 0) is 27.7 Å². The molecule has 4 heterocycles. The Bertz CT molecular complexity index is 1700. The summed E-state index contributed by atoms with van der Waals surface area (Å²) in [6, 6.07) is 8.78. The predicted octanol–water partition coefficient (Wildman–Crippen LogP) is 5.83. The van der Waals surface area contributed by atoms with Crippen LogP contribution in [0.5, 0.6) is 0 Å². The standard InChI is InChI=1S/C34H53N7O7Si2/c1-21(2)49(22(3)4)45-18-26-29(47-50(48-49,23(5)6)24(7)8)28(40(11)34(43)44-17-25-15-13-12-14-16-25)32(46-26)41-20-35-27-30(41)37-33(38-31(27)42)36-19-39(9)10/h12-16,19-24,26,28-29,32H,17-18H2,1-11H3,(H,37,38,42)/b36-19+/t26-,28-,29-,32-/m1/s1. The van der Waals surface area contributed by atoms with Gasteiger partial charge in [0.2, 0.25) is 5.95 Å². The molecule has 0 radical (unpaired) electrons. The third-order valence-electron chi connectivity index (χ3n) is 9.69. The van der Waals surface area contributed by atoms with Crippen LogP contribution < -0.4 is 5.56 Å². The van der Waals surface area contributed by atoms with Crippen LogP contribution >= 0.6 is 0 Å². The van der Waals surface area contributed by atoms with Crippen molar-refractivity contribution in [1.82, 2.24) is 29.3 Å². The first-order chi connectivity index (χ1) is 23.6. The van der Waals surface area contributed by atoms with E-state index in [0.717, 1.165) is 5.56 Å². The molecule has 2 fully saturated rings. The van der Waals surface area contributed by atoms with Gasteiger partial charge in [-0.15, -0.1) is 0 Å². The molecule has 3 aromatic rings. The van der Waals surface area contributed by atoms with E-state index in [1.165, 1.54) is 11.2 Å². The maximum Gasteiger partial charge on any atom is 0.410 e. The van der Waals surface area contributed by atoms with Crippen LogP contribution in [0.1, 0.15) is 67.2 Å². The molecule has 0 aliphatic carbocycles. The molecule has 0 unspecified atom stereocenters.